The van der Waals surface area contributed by atoms with Gasteiger partial charge >= 0.3 is 0 Å². The van der Waals surface area contributed by atoms with Gasteiger partial charge in [-0.15, -0.1) is 0 Å². The first-order valence-corrected chi connectivity index (χ1v) is 5.07. The van der Waals surface area contributed by atoms with E-state index in [1.165, 1.54) is 19.3 Å². The van der Waals surface area contributed by atoms with Gasteiger partial charge in [-0.05, 0) is 32.7 Å². The normalized spacial score (nSPS) is 14.8. The van der Waals surface area contributed by atoms with Crippen LogP contribution in [0.1, 0.15) is 40.0 Å². The fraction of sp³-hybridized carbons (Fsp3) is 0.818. The van der Waals surface area contributed by atoms with E-state index in [1.807, 2.05) is 7.05 Å². The van der Waals surface area contributed by atoms with E-state index in [0.717, 1.165) is 12.5 Å². The topological polar surface area (TPSA) is 12.0 Å². The molecule has 0 aromatic heterocycles. The first-order chi connectivity index (χ1) is 5.76. The molecular formula is C11H23N. The van der Waals surface area contributed by atoms with E-state index in [-0.39, 0.29) is 0 Å². The quantitative estimate of drug-likeness (QED) is 0.603. The first-order valence-electron chi connectivity index (χ1n) is 5.07. The van der Waals surface area contributed by atoms with Crippen molar-refractivity contribution in [3.8, 4) is 0 Å². The molecule has 0 spiro atoms. The van der Waals surface area contributed by atoms with Gasteiger partial charge in [0.15, 0.2) is 0 Å². The predicted molar refractivity (Wildman–Crippen MR) is 56.4 cm³/mol. The second kappa shape index (κ2) is 7.35. The molecule has 12 heavy (non-hydrogen) atoms. The molecule has 0 aliphatic rings. The van der Waals surface area contributed by atoms with Crippen LogP contribution in [0.4, 0.5) is 0 Å². The van der Waals surface area contributed by atoms with Gasteiger partial charge in [-0.2, -0.15) is 0 Å². The van der Waals surface area contributed by atoms with Gasteiger partial charge in [0.05, 0.1) is 0 Å². The van der Waals surface area contributed by atoms with E-state index in [0.29, 0.717) is 0 Å². The summed E-state index contributed by atoms with van der Waals surface area (Å²) in [5.74, 6) is 0.738. The second-order valence-corrected chi connectivity index (χ2v) is 3.40. The third-order valence-corrected chi connectivity index (χ3v) is 2.34. The molecule has 72 valence electrons. The highest BCUT2D eigenvalue weighted by Crippen LogP contribution is 2.14. The van der Waals surface area contributed by atoms with Crippen LogP contribution in [-0.4, -0.2) is 13.6 Å². The molecule has 0 aliphatic carbocycles. The summed E-state index contributed by atoms with van der Waals surface area (Å²) in [4.78, 5) is 0. The summed E-state index contributed by atoms with van der Waals surface area (Å²) in [6.45, 7) is 7.85. The van der Waals surface area contributed by atoms with Crippen LogP contribution in [0.5, 0.6) is 0 Å². The van der Waals surface area contributed by atoms with E-state index in [2.05, 4.69) is 32.2 Å². The van der Waals surface area contributed by atoms with Gasteiger partial charge in [-0.25, -0.2) is 0 Å². The average molecular weight is 169 g/mol. The summed E-state index contributed by atoms with van der Waals surface area (Å²) in [5, 5.41) is 3.24. The Morgan fingerprint density at radius 3 is 2.50 bits per heavy atom. The van der Waals surface area contributed by atoms with Crippen LogP contribution in [0.2, 0.25) is 0 Å². The molecule has 0 amide bonds. The number of unbranched alkanes of at least 4 members (excludes halogenated alkanes) is 1. The smallest absolute Gasteiger partial charge is 0.00136 e. The van der Waals surface area contributed by atoms with Crippen molar-refractivity contribution in [2.24, 2.45) is 5.92 Å². The van der Waals surface area contributed by atoms with Crippen LogP contribution in [0.3, 0.4) is 0 Å². The standard InChI is InChI=1S/C11H23N/c1-5-7-8-10(3)11(6-2)9-12-4/h8,11-12H,5-7,9H2,1-4H3/b10-8-. The number of nitrogens with one attached hydrogen (secondary N) is 1. The Morgan fingerprint density at radius 1 is 1.42 bits per heavy atom. The lowest BCUT2D eigenvalue weighted by molar-refractivity contribution is 0.550. The van der Waals surface area contributed by atoms with Gasteiger partial charge in [0.2, 0.25) is 0 Å². The zero-order valence-electron chi connectivity index (χ0n) is 8.98. The summed E-state index contributed by atoms with van der Waals surface area (Å²) < 4.78 is 0. The molecule has 1 unspecified atom stereocenters. The van der Waals surface area contributed by atoms with Gasteiger partial charge < -0.3 is 5.32 Å². The van der Waals surface area contributed by atoms with Crippen molar-refractivity contribution in [1.82, 2.24) is 5.32 Å². The molecule has 0 aromatic carbocycles. The fourth-order valence-corrected chi connectivity index (χ4v) is 1.41. The number of rotatable bonds is 6. The monoisotopic (exact) mass is 169 g/mol. The molecule has 0 saturated heterocycles. The Morgan fingerprint density at radius 2 is 2.08 bits per heavy atom. The highest BCUT2D eigenvalue weighted by molar-refractivity contribution is 5.03. The zero-order chi connectivity index (χ0) is 9.40. The molecule has 0 fully saturated rings. The Balaban J connectivity index is 3.91. The molecule has 0 aromatic rings. The molecule has 0 rings (SSSR count). The maximum atomic E-state index is 3.24. The molecule has 0 saturated carbocycles. The third-order valence-electron chi connectivity index (χ3n) is 2.34. The lowest BCUT2D eigenvalue weighted by Crippen LogP contribution is -2.19. The van der Waals surface area contributed by atoms with Crippen molar-refractivity contribution in [1.29, 1.82) is 0 Å². The lowest BCUT2D eigenvalue weighted by atomic mass is 9.96. The van der Waals surface area contributed by atoms with Crippen molar-refractivity contribution < 1.29 is 0 Å². The van der Waals surface area contributed by atoms with Crippen molar-refractivity contribution in [2.45, 2.75) is 40.0 Å². The molecule has 0 heterocycles. The first kappa shape index (κ1) is 11.7. The van der Waals surface area contributed by atoms with Crippen molar-refractivity contribution in [3.05, 3.63) is 11.6 Å². The maximum Gasteiger partial charge on any atom is 0.00136 e. The highest BCUT2D eigenvalue weighted by atomic mass is 14.8. The van der Waals surface area contributed by atoms with Crippen molar-refractivity contribution in [3.63, 3.8) is 0 Å². The summed E-state index contributed by atoms with van der Waals surface area (Å²) in [6, 6.07) is 0. The summed E-state index contributed by atoms with van der Waals surface area (Å²) in [6.07, 6.45) is 6.11. The Labute approximate surface area is 77.2 Å². The minimum absolute atomic E-state index is 0.738. The van der Waals surface area contributed by atoms with E-state index in [4.69, 9.17) is 0 Å². The Kier molecular flexibility index (Phi) is 7.17. The SMILES string of the molecule is CCC/C=C(/C)C(CC)CNC. The van der Waals surface area contributed by atoms with E-state index in [9.17, 15) is 0 Å². The number of hydrogen-bond donors (Lipinski definition) is 1. The minimum atomic E-state index is 0.738. The Hall–Kier alpha value is -0.300. The molecule has 0 aliphatic heterocycles. The Bertz CT molecular complexity index is 127. The van der Waals surface area contributed by atoms with Gasteiger partial charge in [0, 0.05) is 6.54 Å². The highest BCUT2D eigenvalue weighted by Gasteiger charge is 2.05. The number of allylic oxidation sites excluding steroid dienone is 1. The molecule has 1 atom stereocenters. The van der Waals surface area contributed by atoms with Crippen LogP contribution in [0.15, 0.2) is 11.6 Å². The predicted octanol–water partition coefficient (Wildman–Crippen LogP) is 2.98. The van der Waals surface area contributed by atoms with Crippen LogP contribution >= 0.6 is 0 Å². The third kappa shape index (κ3) is 4.55. The van der Waals surface area contributed by atoms with E-state index < -0.39 is 0 Å². The summed E-state index contributed by atoms with van der Waals surface area (Å²) in [7, 11) is 2.02. The van der Waals surface area contributed by atoms with Crippen molar-refractivity contribution >= 4 is 0 Å². The van der Waals surface area contributed by atoms with Crippen LogP contribution < -0.4 is 5.32 Å². The molecule has 1 N–H and O–H groups in total. The van der Waals surface area contributed by atoms with E-state index >= 15 is 0 Å². The van der Waals surface area contributed by atoms with E-state index in [1.54, 1.807) is 5.57 Å². The molecule has 0 radical (unpaired) electrons. The van der Waals surface area contributed by atoms with Crippen LogP contribution in [-0.2, 0) is 0 Å². The van der Waals surface area contributed by atoms with Gasteiger partial charge in [0.1, 0.15) is 0 Å². The molecular weight excluding hydrogens is 146 g/mol. The molecule has 0 bridgehead atoms. The van der Waals surface area contributed by atoms with Gasteiger partial charge in [0.25, 0.3) is 0 Å². The molecule has 1 nitrogen and oxygen atoms in total. The lowest BCUT2D eigenvalue weighted by Gasteiger charge is -2.14. The minimum Gasteiger partial charge on any atom is -0.319 e. The second-order valence-electron chi connectivity index (χ2n) is 3.40. The average Bonchev–Trinajstić information content (AvgIpc) is 2.10. The summed E-state index contributed by atoms with van der Waals surface area (Å²) >= 11 is 0. The molecule has 1 heteroatoms. The van der Waals surface area contributed by atoms with Gasteiger partial charge in [-0.3, -0.25) is 0 Å². The van der Waals surface area contributed by atoms with Crippen LogP contribution in [0.25, 0.3) is 0 Å². The summed E-state index contributed by atoms with van der Waals surface area (Å²) in [5.41, 5.74) is 1.55. The van der Waals surface area contributed by atoms with Gasteiger partial charge in [-0.1, -0.05) is 31.9 Å². The number of hydrogen-bond acceptors (Lipinski definition) is 1. The fourth-order valence-electron chi connectivity index (χ4n) is 1.41. The zero-order valence-corrected chi connectivity index (χ0v) is 8.98. The largest absolute Gasteiger partial charge is 0.319 e. The maximum absolute atomic E-state index is 3.24. The van der Waals surface area contributed by atoms with Crippen LogP contribution in [0, 0.1) is 5.92 Å². The van der Waals surface area contributed by atoms with Crippen molar-refractivity contribution in [2.75, 3.05) is 13.6 Å².